The number of aryl methyl sites for hydroxylation is 3. The Balaban J connectivity index is 1.85. The summed E-state index contributed by atoms with van der Waals surface area (Å²) in [5, 5.41) is 16.8. The van der Waals surface area contributed by atoms with Crippen molar-refractivity contribution < 1.29 is 13.5 Å². The molecule has 5 rings (SSSR count). The fourth-order valence-electron chi connectivity index (χ4n) is 3.94. The number of benzene rings is 1. The molecule has 0 bridgehead atoms. The van der Waals surface area contributed by atoms with Gasteiger partial charge in [-0.3, -0.25) is 0 Å². The SMILES string of the molecule is Cc1ocnc1Cn1nc2c(-c3cc(C)[n+]([O-])c(C)c3)c(-c3ccc(F)cc3)nc(N)n2c1=O. The van der Waals surface area contributed by atoms with Crippen LogP contribution in [0.4, 0.5) is 10.3 Å². The second-order valence-corrected chi connectivity index (χ2v) is 7.98. The van der Waals surface area contributed by atoms with Crippen LogP contribution in [0.2, 0.25) is 0 Å². The van der Waals surface area contributed by atoms with E-state index in [4.69, 9.17) is 10.2 Å². The highest BCUT2D eigenvalue weighted by Gasteiger charge is 2.24. The summed E-state index contributed by atoms with van der Waals surface area (Å²) in [6.45, 7) is 5.17. The zero-order valence-corrected chi connectivity index (χ0v) is 18.6. The van der Waals surface area contributed by atoms with Crippen LogP contribution in [0.1, 0.15) is 22.8 Å². The van der Waals surface area contributed by atoms with Crippen molar-refractivity contribution in [3.8, 4) is 22.4 Å². The molecule has 0 aliphatic carbocycles. The lowest BCUT2D eigenvalue weighted by atomic mass is 9.99. The molecule has 0 aliphatic heterocycles. The zero-order chi connectivity index (χ0) is 24.1. The van der Waals surface area contributed by atoms with E-state index in [9.17, 15) is 14.4 Å². The van der Waals surface area contributed by atoms with Gasteiger partial charge in [-0.1, -0.05) is 0 Å². The number of fused-ring (bicyclic) bond motifs is 1. The van der Waals surface area contributed by atoms with Crippen LogP contribution < -0.4 is 16.2 Å². The molecule has 10 nitrogen and oxygen atoms in total. The Morgan fingerprint density at radius 2 is 1.79 bits per heavy atom. The molecule has 4 aromatic heterocycles. The van der Waals surface area contributed by atoms with Crippen LogP contribution in [0.5, 0.6) is 0 Å². The lowest BCUT2D eigenvalue weighted by Crippen LogP contribution is -2.33. The van der Waals surface area contributed by atoms with Crippen LogP contribution in [0.3, 0.4) is 0 Å². The van der Waals surface area contributed by atoms with Gasteiger partial charge in [0.05, 0.1) is 17.8 Å². The maximum absolute atomic E-state index is 13.6. The number of nitrogens with zero attached hydrogens (tertiary/aromatic N) is 6. The second kappa shape index (κ2) is 7.80. The molecule has 0 radical (unpaired) electrons. The normalized spacial score (nSPS) is 11.4. The zero-order valence-electron chi connectivity index (χ0n) is 18.6. The molecule has 0 amide bonds. The Morgan fingerprint density at radius 3 is 2.41 bits per heavy atom. The van der Waals surface area contributed by atoms with Gasteiger partial charge in [-0.2, -0.15) is 4.73 Å². The molecule has 4 heterocycles. The molecular weight excluding hydrogens is 441 g/mol. The van der Waals surface area contributed by atoms with E-state index >= 15 is 0 Å². The maximum Gasteiger partial charge on any atom is 0.353 e. The van der Waals surface area contributed by atoms with E-state index in [-0.39, 0.29) is 18.1 Å². The number of halogens is 1. The number of nitrogen functional groups attached to an aromatic ring is 1. The summed E-state index contributed by atoms with van der Waals surface area (Å²) >= 11 is 0. The van der Waals surface area contributed by atoms with Gasteiger partial charge in [-0.15, -0.1) is 5.10 Å². The van der Waals surface area contributed by atoms with Crippen LogP contribution in [0, 0.1) is 31.8 Å². The lowest BCUT2D eigenvalue weighted by molar-refractivity contribution is -0.619. The molecule has 2 N–H and O–H groups in total. The molecule has 0 saturated heterocycles. The predicted octanol–water partition coefficient (Wildman–Crippen LogP) is 2.54. The summed E-state index contributed by atoms with van der Waals surface area (Å²) in [4.78, 5) is 21.9. The van der Waals surface area contributed by atoms with E-state index < -0.39 is 11.5 Å². The predicted molar refractivity (Wildman–Crippen MR) is 121 cm³/mol. The van der Waals surface area contributed by atoms with Crippen molar-refractivity contribution in [2.75, 3.05) is 5.73 Å². The highest BCUT2D eigenvalue weighted by molar-refractivity contribution is 5.90. The smallest absolute Gasteiger partial charge is 0.353 e. The lowest BCUT2D eigenvalue weighted by Gasteiger charge is -2.13. The number of pyridine rings is 1. The van der Waals surface area contributed by atoms with Crippen molar-refractivity contribution >= 4 is 11.6 Å². The first-order valence-corrected chi connectivity index (χ1v) is 10.4. The number of nitrogens with two attached hydrogens (primary N) is 1. The van der Waals surface area contributed by atoms with Gasteiger partial charge in [0.15, 0.2) is 23.4 Å². The summed E-state index contributed by atoms with van der Waals surface area (Å²) < 4.78 is 22.1. The average molecular weight is 461 g/mol. The van der Waals surface area contributed by atoms with Crippen molar-refractivity contribution in [2.24, 2.45) is 0 Å². The number of oxazole rings is 1. The van der Waals surface area contributed by atoms with Crippen LogP contribution >= 0.6 is 0 Å². The van der Waals surface area contributed by atoms with Crippen molar-refractivity contribution in [2.45, 2.75) is 27.3 Å². The molecule has 172 valence electrons. The maximum atomic E-state index is 13.6. The van der Waals surface area contributed by atoms with Crippen molar-refractivity contribution in [3.05, 3.63) is 87.1 Å². The molecule has 0 aliphatic rings. The van der Waals surface area contributed by atoms with Gasteiger partial charge in [0, 0.05) is 37.1 Å². The number of rotatable bonds is 4. The molecular formula is C23H20FN7O3. The first kappa shape index (κ1) is 21.3. The minimum absolute atomic E-state index is 0.0704. The fourth-order valence-corrected chi connectivity index (χ4v) is 3.94. The molecule has 0 saturated carbocycles. The molecule has 0 spiro atoms. The number of hydrogen-bond donors (Lipinski definition) is 1. The Hall–Kier alpha value is -4.54. The minimum atomic E-state index is -0.502. The van der Waals surface area contributed by atoms with E-state index in [1.54, 1.807) is 45.0 Å². The number of hydrogen-bond acceptors (Lipinski definition) is 7. The van der Waals surface area contributed by atoms with Crippen molar-refractivity contribution in [3.63, 3.8) is 0 Å². The molecule has 0 unspecified atom stereocenters. The van der Waals surface area contributed by atoms with Gasteiger partial charge in [0.25, 0.3) is 0 Å². The standard InChI is InChI=1S/C23H20FN7O3/c1-12-8-16(9-13(2)31(12)33)19-20(15-4-6-17(24)7-5-15)27-22(25)30-21(19)28-29(23(30)32)10-18-14(3)34-11-26-18/h4-9,11H,10H2,1-3H3,(H2,25,27). The van der Waals surface area contributed by atoms with E-state index in [1.165, 1.54) is 27.6 Å². The van der Waals surface area contributed by atoms with Gasteiger partial charge >= 0.3 is 5.69 Å². The molecule has 5 aromatic rings. The Bertz CT molecular complexity index is 1590. The summed E-state index contributed by atoms with van der Waals surface area (Å²) in [6.07, 6.45) is 1.30. The van der Waals surface area contributed by atoms with Crippen LogP contribution in [-0.2, 0) is 6.54 Å². The monoisotopic (exact) mass is 461 g/mol. The summed E-state index contributed by atoms with van der Waals surface area (Å²) in [6, 6.07) is 9.14. The number of aromatic nitrogens is 6. The third-order valence-corrected chi connectivity index (χ3v) is 5.67. The third-order valence-electron chi connectivity index (χ3n) is 5.67. The van der Waals surface area contributed by atoms with E-state index in [2.05, 4.69) is 15.1 Å². The van der Waals surface area contributed by atoms with E-state index in [1.807, 2.05) is 0 Å². The second-order valence-electron chi connectivity index (χ2n) is 7.98. The largest absolute Gasteiger partial charge is 0.618 e. The topological polar surface area (TPSA) is 131 Å². The molecule has 34 heavy (non-hydrogen) atoms. The Morgan fingerprint density at radius 1 is 1.12 bits per heavy atom. The minimum Gasteiger partial charge on any atom is -0.618 e. The first-order valence-electron chi connectivity index (χ1n) is 10.4. The van der Waals surface area contributed by atoms with Gasteiger partial charge < -0.3 is 15.4 Å². The number of anilines is 1. The van der Waals surface area contributed by atoms with E-state index in [0.717, 1.165) is 4.73 Å². The highest BCUT2D eigenvalue weighted by atomic mass is 19.1. The van der Waals surface area contributed by atoms with Gasteiger partial charge in [0.1, 0.15) is 17.3 Å². The molecule has 11 heteroatoms. The van der Waals surface area contributed by atoms with Crippen molar-refractivity contribution in [1.29, 1.82) is 0 Å². The van der Waals surface area contributed by atoms with Gasteiger partial charge in [-0.25, -0.2) is 28.2 Å². The quantitative estimate of drug-likeness (QED) is 0.321. The summed E-state index contributed by atoms with van der Waals surface area (Å²) in [5.74, 6) is 0.0904. The van der Waals surface area contributed by atoms with Crippen LogP contribution in [0.25, 0.3) is 28.0 Å². The molecule has 1 aromatic carbocycles. The highest BCUT2D eigenvalue weighted by Crippen LogP contribution is 2.34. The molecule has 0 atom stereocenters. The Labute approximate surface area is 192 Å². The van der Waals surface area contributed by atoms with Gasteiger partial charge in [-0.05, 0) is 31.2 Å². The summed E-state index contributed by atoms with van der Waals surface area (Å²) in [5.41, 5.74) is 9.50. The van der Waals surface area contributed by atoms with Crippen LogP contribution in [-0.4, -0.2) is 24.1 Å². The van der Waals surface area contributed by atoms with Crippen molar-refractivity contribution in [1.82, 2.24) is 24.1 Å². The summed E-state index contributed by atoms with van der Waals surface area (Å²) in [7, 11) is 0. The Kier molecular flexibility index (Phi) is 4.89. The van der Waals surface area contributed by atoms with Crippen LogP contribution in [0.15, 0.2) is 52.0 Å². The first-order chi connectivity index (χ1) is 16.2. The fraction of sp³-hybridized carbons (Fsp3) is 0.174. The van der Waals surface area contributed by atoms with Gasteiger partial charge in [0.2, 0.25) is 5.95 Å². The third kappa shape index (κ3) is 3.38. The average Bonchev–Trinajstić information content (AvgIpc) is 3.35. The van der Waals surface area contributed by atoms with E-state index in [0.29, 0.717) is 45.2 Å². The molecule has 0 fully saturated rings.